The van der Waals surface area contributed by atoms with Gasteiger partial charge in [0.15, 0.2) is 0 Å². The first-order chi connectivity index (χ1) is 6.93. The standard InChI is InChI=1S/C11H23N3O/c1-9-6-14(5-4-10(15)13-9)8-11(2,3)7-12/h9H,4-8,12H2,1-3H3,(H,13,15). The third-order valence-electron chi connectivity index (χ3n) is 2.80. The summed E-state index contributed by atoms with van der Waals surface area (Å²) in [4.78, 5) is 13.6. The van der Waals surface area contributed by atoms with Crippen molar-refractivity contribution in [3.63, 3.8) is 0 Å². The predicted molar refractivity (Wildman–Crippen MR) is 61.5 cm³/mol. The predicted octanol–water partition coefficient (Wildman–Crippen LogP) is 0.182. The summed E-state index contributed by atoms with van der Waals surface area (Å²) in [5.41, 5.74) is 5.85. The Morgan fingerprint density at radius 1 is 1.60 bits per heavy atom. The molecule has 1 aliphatic heterocycles. The molecule has 0 radical (unpaired) electrons. The second kappa shape index (κ2) is 4.94. The molecule has 1 aliphatic rings. The zero-order chi connectivity index (χ0) is 11.5. The molecule has 4 heteroatoms. The fraction of sp³-hybridized carbons (Fsp3) is 0.909. The number of rotatable bonds is 3. The Hall–Kier alpha value is -0.610. The maximum atomic E-state index is 11.3. The molecule has 88 valence electrons. The minimum atomic E-state index is 0.132. The minimum absolute atomic E-state index is 0.132. The van der Waals surface area contributed by atoms with Gasteiger partial charge in [-0.05, 0) is 18.9 Å². The molecule has 1 amide bonds. The maximum Gasteiger partial charge on any atom is 0.221 e. The number of carbonyl (C=O) groups excluding carboxylic acids is 1. The summed E-state index contributed by atoms with van der Waals surface area (Å²) in [5.74, 6) is 0.163. The van der Waals surface area contributed by atoms with Crippen molar-refractivity contribution in [3.05, 3.63) is 0 Å². The van der Waals surface area contributed by atoms with Gasteiger partial charge < -0.3 is 16.0 Å². The van der Waals surface area contributed by atoms with Crippen molar-refractivity contribution in [2.24, 2.45) is 11.1 Å². The van der Waals surface area contributed by atoms with Crippen molar-refractivity contribution >= 4 is 5.91 Å². The average molecular weight is 213 g/mol. The normalized spacial score (nSPS) is 24.8. The molecule has 1 atom stereocenters. The highest BCUT2D eigenvalue weighted by molar-refractivity contribution is 5.76. The van der Waals surface area contributed by atoms with Gasteiger partial charge in [0, 0.05) is 32.1 Å². The second-order valence-electron chi connectivity index (χ2n) is 5.32. The fourth-order valence-corrected chi connectivity index (χ4v) is 1.94. The molecule has 0 bridgehead atoms. The highest BCUT2D eigenvalue weighted by atomic mass is 16.1. The molecule has 1 rings (SSSR count). The monoisotopic (exact) mass is 213 g/mol. The topological polar surface area (TPSA) is 58.4 Å². The molecule has 0 aromatic rings. The minimum Gasteiger partial charge on any atom is -0.352 e. The van der Waals surface area contributed by atoms with Crippen molar-refractivity contribution in [1.29, 1.82) is 0 Å². The van der Waals surface area contributed by atoms with E-state index in [-0.39, 0.29) is 17.4 Å². The smallest absolute Gasteiger partial charge is 0.221 e. The number of nitrogens with one attached hydrogen (secondary N) is 1. The first-order valence-corrected chi connectivity index (χ1v) is 5.65. The first kappa shape index (κ1) is 12.5. The fourth-order valence-electron chi connectivity index (χ4n) is 1.94. The van der Waals surface area contributed by atoms with Crippen LogP contribution in [0.1, 0.15) is 27.2 Å². The van der Waals surface area contributed by atoms with Gasteiger partial charge in [0.1, 0.15) is 0 Å². The molecule has 1 fully saturated rings. The van der Waals surface area contributed by atoms with Gasteiger partial charge in [0.25, 0.3) is 0 Å². The molecule has 0 spiro atoms. The first-order valence-electron chi connectivity index (χ1n) is 5.65. The molecule has 1 saturated heterocycles. The van der Waals surface area contributed by atoms with Crippen molar-refractivity contribution < 1.29 is 4.79 Å². The van der Waals surface area contributed by atoms with Crippen LogP contribution in [-0.4, -0.2) is 43.0 Å². The van der Waals surface area contributed by atoms with E-state index in [4.69, 9.17) is 5.73 Å². The summed E-state index contributed by atoms with van der Waals surface area (Å²) in [6.07, 6.45) is 0.602. The molecule has 1 unspecified atom stereocenters. The van der Waals surface area contributed by atoms with E-state index in [1.54, 1.807) is 0 Å². The van der Waals surface area contributed by atoms with Gasteiger partial charge in [-0.25, -0.2) is 0 Å². The van der Waals surface area contributed by atoms with Crippen molar-refractivity contribution in [2.45, 2.75) is 33.2 Å². The number of carbonyl (C=O) groups is 1. The van der Waals surface area contributed by atoms with Gasteiger partial charge in [-0.15, -0.1) is 0 Å². The van der Waals surface area contributed by atoms with Crippen LogP contribution >= 0.6 is 0 Å². The number of hydrogen-bond donors (Lipinski definition) is 2. The van der Waals surface area contributed by atoms with Crippen LogP contribution in [0, 0.1) is 5.41 Å². The third kappa shape index (κ3) is 4.18. The van der Waals surface area contributed by atoms with E-state index in [2.05, 4.69) is 24.1 Å². The molecule has 0 aromatic carbocycles. The van der Waals surface area contributed by atoms with Gasteiger partial charge in [-0.2, -0.15) is 0 Å². The summed E-state index contributed by atoms with van der Waals surface area (Å²) >= 11 is 0. The van der Waals surface area contributed by atoms with E-state index in [1.807, 2.05) is 6.92 Å². The lowest BCUT2D eigenvalue weighted by Gasteiger charge is -2.31. The van der Waals surface area contributed by atoms with E-state index in [1.165, 1.54) is 0 Å². The summed E-state index contributed by atoms with van der Waals surface area (Å²) in [6, 6.07) is 0.244. The van der Waals surface area contributed by atoms with Crippen molar-refractivity contribution in [3.8, 4) is 0 Å². The molecular formula is C11H23N3O. The molecule has 3 N–H and O–H groups in total. The molecular weight excluding hydrogens is 190 g/mol. The summed E-state index contributed by atoms with van der Waals surface area (Å²) in [7, 11) is 0. The van der Waals surface area contributed by atoms with Crippen LogP contribution in [0.4, 0.5) is 0 Å². The van der Waals surface area contributed by atoms with E-state index < -0.39 is 0 Å². The van der Waals surface area contributed by atoms with Crippen LogP contribution in [0.2, 0.25) is 0 Å². The van der Waals surface area contributed by atoms with Gasteiger partial charge in [-0.1, -0.05) is 13.8 Å². The Morgan fingerprint density at radius 2 is 2.27 bits per heavy atom. The molecule has 0 aliphatic carbocycles. The van der Waals surface area contributed by atoms with Crippen molar-refractivity contribution in [2.75, 3.05) is 26.2 Å². The van der Waals surface area contributed by atoms with Crippen LogP contribution in [0.25, 0.3) is 0 Å². The molecule has 1 heterocycles. The van der Waals surface area contributed by atoms with E-state index in [0.29, 0.717) is 13.0 Å². The summed E-state index contributed by atoms with van der Waals surface area (Å²) in [6.45, 7) is 9.79. The van der Waals surface area contributed by atoms with Gasteiger partial charge in [0.2, 0.25) is 5.91 Å². The largest absolute Gasteiger partial charge is 0.352 e. The Labute approximate surface area is 92.2 Å². The summed E-state index contributed by atoms with van der Waals surface area (Å²) < 4.78 is 0. The summed E-state index contributed by atoms with van der Waals surface area (Å²) in [5, 5.41) is 2.96. The zero-order valence-electron chi connectivity index (χ0n) is 10.0. The highest BCUT2D eigenvalue weighted by Crippen LogP contribution is 2.16. The number of nitrogens with zero attached hydrogens (tertiary/aromatic N) is 1. The van der Waals surface area contributed by atoms with E-state index in [0.717, 1.165) is 19.6 Å². The Balaban J connectivity index is 2.51. The second-order valence-corrected chi connectivity index (χ2v) is 5.32. The molecule has 4 nitrogen and oxygen atoms in total. The quantitative estimate of drug-likeness (QED) is 0.703. The van der Waals surface area contributed by atoms with Crippen LogP contribution < -0.4 is 11.1 Å². The maximum absolute atomic E-state index is 11.3. The van der Waals surface area contributed by atoms with E-state index in [9.17, 15) is 4.79 Å². The average Bonchev–Trinajstić information content (AvgIpc) is 2.27. The number of hydrogen-bond acceptors (Lipinski definition) is 3. The lowest BCUT2D eigenvalue weighted by Crippen LogP contribution is -2.42. The van der Waals surface area contributed by atoms with E-state index >= 15 is 0 Å². The lowest BCUT2D eigenvalue weighted by atomic mass is 9.93. The van der Waals surface area contributed by atoms with Crippen LogP contribution in [0.5, 0.6) is 0 Å². The number of amides is 1. The SMILES string of the molecule is CC1CN(CC(C)(C)CN)CCC(=O)N1. The molecule has 15 heavy (non-hydrogen) atoms. The Bertz CT molecular complexity index is 228. The van der Waals surface area contributed by atoms with Crippen LogP contribution in [0.3, 0.4) is 0 Å². The Morgan fingerprint density at radius 3 is 2.87 bits per heavy atom. The van der Waals surface area contributed by atoms with Gasteiger partial charge in [0.05, 0.1) is 0 Å². The van der Waals surface area contributed by atoms with Crippen LogP contribution in [0.15, 0.2) is 0 Å². The Kier molecular flexibility index (Phi) is 4.11. The van der Waals surface area contributed by atoms with Gasteiger partial charge in [-0.3, -0.25) is 4.79 Å². The molecule has 0 aromatic heterocycles. The van der Waals surface area contributed by atoms with Crippen molar-refractivity contribution in [1.82, 2.24) is 10.2 Å². The zero-order valence-corrected chi connectivity index (χ0v) is 10.0. The van der Waals surface area contributed by atoms with Crippen LogP contribution in [-0.2, 0) is 4.79 Å². The highest BCUT2D eigenvalue weighted by Gasteiger charge is 2.24. The number of nitrogens with two attached hydrogens (primary N) is 1. The van der Waals surface area contributed by atoms with Gasteiger partial charge >= 0.3 is 0 Å². The lowest BCUT2D eigenvalue weighted by molar-refractivity contribution is -0.121. The third-order valence-corrected chi connectivity index (χ3v) is 2.80. The molecule has 0 saturated carbocycles.